The first kappa shape index (κ1) is 25.8. The molecule has 0 N–H and O–H groups in total. The molecule has 0 aliphatic rings. The molecule has 0 atom stereocenters. The maximum absolute atomic E-state index is 15.0. The fraction of sp³-hybridized carbons (Fsp3) is 0. The van der Waals surface area contributed by atoms with Gasteiger partial charge in [0.15, 0.2) is 23.3 Å². The van der Waals surface area contributed by atoms with Gasteiger partial charge in [-0.05, 0) is 45.7 Å². The predicted molar refractivity (Wildman–Crippen MR) is 150 cm³/mol. The van der Waals surface area contributed by atoms with E-state index in [1.807, 2.05) is 36.4 Å². The van der Waals surface area contributed by atoms with Gasteiger partial charge in [-0.2, -0.15) is 10.5 Å². The van der Waals surface area contributed by atoms with Gasteiger partial charge < -0.3 is 0 Å². The Morgan fingerprint density at radius 1 is 0.628 bits per heavy atom. The van der Waals surface area contributed by atoms with Gasteiger partial charge in [-0.1, -0.05) is 54.6 Å². The third kappa shape index (κ3) is 3.89. The maximum Gasteiger partial charge on any atom is 0.180 e. The Bertz CT molecular complexity index is 2330. The van der Waals surface area contributed by atoms with Gasteiger partial charge in [0.05, 0.1) is 28.4 Å². The summed E-state index contributed by atoms with van der Waals surface area (Å²) in [6.07, 6.45) is 0. The summed E-state index contributed by atoms with van der Waals surface area (Å²) in [5.74, 6) is -6.93. The third-order valence-corrected chi connectivity index (χ3v) is 7.33. The van der Waals surface area contributed by atoms with Crippen molar-refractivity contribution in [3.63, 3.8) is 0 Å². The number of aromatic nitrogens is 3. The number of rotatable bonds is 3. The SMILES string of the molecule is N#Cc1ccc(-c2cc3c(-c4ccccc4)nc4cc(-c5c(F)c(F)c(C#N)c(F)c5F)ccc4c3c3nonc23)cc1. The fourth-order valence-electron chi connectivity index (χ4n) is 5.32. The van der Waals surface area contributed by atoms with E-state index in [4.69, 9.17) is 14.9 Å². The summed E-state index contributed by atoms with van der Waals surface area (Å²) in [6.45, 7) is 0. The number of nitrogens with zero attached hydrogens (tertiary/aromatic N) is 5. The van der Waals surface area contributed by atoms with Crippen LogP contribution in [0.1, 0.15) is 11.1 Å². The maximum atomic E-state index is 15.0. The topological polar surface area (TPSA) is 99.4 Å². The highest BCUT2D eigenvalue weighted by atomic mass is 19.2. The minimum atomic E-state index is -1.78. The number of pyridine rings is 1. The molecule has 0 radical (unpaired) electrons. The van der Waals surface area contributed by atoms with Crippen LogP contribution in [0.25, 0.3) is 66.2 Å². The molecule has 43 heavy (non-hydrogen) atoms. The zero-order valence-corrected chi connectivity index (χ0v) is 21.7. The summed E-state index contributed by atoms with van der Waals surface area (Å²) < 4.78 is 64.1. The van der Waals surface area contributed by atoms with Crippen molar-refractivity contribution in [2.24, 2.45) is 0 Å². The van der Waals surface area contributed by atoms with Crippen LogP contribution in [0, 0.1) is 45.9 Å². The molecule has 0 saturated carbocycles. The van der Waals surface area contributed by atoms with Crippen molar-refractivity contribution in [3.05, 3.63) is 113 Å². The van der Waals surface area contributed by atoms with Gasteiger partial charge in [-0.25, -0.2) is 27.2 Å². The number of hydrogen-bond donors (Lipinski definition) is 0. The standard InChI is InChI=1S/C33H13F4N5O/c34-27-23(15-39)28(35)30(37)25(29(27)36)19-10-11-20-24(12-19)40-31(18-4-2-1-3-5-18)22-13-21(17-8-6-16(14-38)7-9-17)32-33(26(20)22)42-43-41-32/h1-13H. The van der Waals surface area contributed by atoms with E-state index in [-0.39, 0.29) is 11.1 Å². The summed E-state index contributed by atoms with van der Waals surface area (Å²) in [6, 6.07) is 25.4. The highest BCUT2D eigenvalue weighted by Crippen LogP contribution is 2.42. The van der Waals surface area contributed by atoms with E-state index in [9.17, 15) is 22.8 Å². The van der Waals surface area contributed by atoms with Crippen molar-refractivity contribution < 1.29 is 22.2 Å². The van der Waals surface area contributed by atoms with Crippen LogP contribution in [0.5, 0.6) is 0 Å². The van der Waals surface area contributed by atoms with Crippen molar-refractivity contribution in [3.8, 4) is 45.6 Å². The van der Waals surface area contributed by atoms with Crippen LogP contribution in [0.4, 0.5) is 17.6 Å². The van der Waals surface area contributed by atoms with Gasteiger partial charge >= 0.3 is 0 Å². The number of nitriles is 2. The highest BCUT2D eigenvalue weighted by Gasteiger charge is 2.27. The molecule has 0 amide bonds. The molecule has 5 aromatic carbocycles. The number of halogens is 4. The Kier molecular flexibility index (Phi) is 5.86. The van der Waals surface area contributed by atoms with Gasteiger partial charge in [-0.15, -0.1) is 0 Å². The molecule has 7 rings (SSSR count). The Morgan fingerprint density at radius 2 is 1.30 bits per heavy atom. The van der Waals surface area contributed by atoms with Gasteiger partial charge in [0.25, 0.3) is 0 Å². The van der Waals surface area contributed by atoms with Gasteiger partial charge in [-0.3, -0.25) is 0 Å². The smallest absolute Gasteiger partial charge is 0.180 e. The van der Waals surface area contributed by atoms with E-state index in [1.54, 1.807) is 24.3 Å². The molecule has 0 bridgehead atoms. The lowest BCUT2D eigenvalue weighted by Gasteiger charge is -2.14. The Hall–Kier alpha value is -6.13. The second kappa shape index (κ2) is 9.75. The average molecular weight is 571 g/mol. The molecule has 7 aromatic rings. The third-order valence-electron chi connectivity index (χ3n) is 7.33. The summed E-state index contributed by atoms with van der Waals surface area (Å²) >= 11 is 0. The minimum Gasteiger partial charge on any atom is -0.247 e. The average Bonchev–Trinajstić information content (AvgIpc) is 3.54. The van der Waals surface area contributed by atoms with Gasteiger partial charge in [0, 0.05) is 27.3 Å². The van der Waals surface area contributed by atoms with E-state index in [0.717, 1.165) is 11.6 Å². The Balaban J connectivity index is 1.58. The first-order valence-corrected chi connectivity index (χ1v) is 12.8. The Morgan fingerprint density at radius 3 is 1.98 bits per heavy atom. The van der Waals surface area contributed by atoms with Crippen molar-refractivity contribution in [2.45, 2.75) is 0 Å². The summed E-state index contributed by atoms with van der Waals surface area (Å²) in [5.41, 5.74) is 1.74. The van der Waals surface area contributed by atoms with Crippen LogP contribution < -0.4 is 0 Å². The molecule has 0 aliphatic carbocycles. The molecule has 0 unspecified atom stereocenters. The summed E-state index contributed by atoms with van der Waals surface area (Å²) in [7, 11) is 0. The molecule has 10 heteroatoms. The molecule has 0 aliphatic heterocycles. The van der Waals surface area contributed by atoms with Crippen LogP contribution >= 0.6 is 0 Å². The van der Waals surface area contributed by atoms with Crippen LogP contribution in [-0.2, 0) is 0 Å². The molecule has 0 spiro atoms. The van der Waals surface area contributed by atoms with Crippen molar-refractivity contribution in [1.82, 2.24) is 15.3 Å². The lowest BCUT2D eigenvalue weighted by atomic mass is 9.92. The number of hydrogen-bond acceptors (Lipinski definition) is 6. The van der Waals surface area contributed by atoms with E-state index < -0.39 is 34.4 Å². The molecule has 0 fully saturated rings. The van der Waals surface area contributed by atoms with Gasteiger partial charge in [0.1, 0.15) is 22.7 Å². The van der Waals surface area contributed by atoms with Crippen molar-refractivity contribution >= 4 is 32.7 Å². The van der Waals surface area contributed by atoms with E-state index in [1.165, 1.54) is 18.2 Å². The van der Waals surface area contributed by atoms with Crippen LogP contribution in [0.15, 0.2) is 83.5 Å². The largest absolute Gasteiger partial charge is 0.247 e. The first-order valence-electron chi connectivity index (χ1n) is 12.8. The number of benzene rings is 5. The highest BCUT2D eigenvalue weighted by molar-refractivity contribution is 6.23. The zero-order chi connectivity index (χ0) is 29.8. The second-order valence-electron chi connectivity index (χ2n) is 9.67. The predicted octanol–water partition coefficient (Wildman–Crippen LogP) is 8.22. The molecule has 204 valence electrons. The van der Waals surface area contributed by atoms with Crippen LogP contribution in [0.3, 0.4) is 0 Å². The van der Waals surface area contributed by atoms with Crippen LogP contribution in [-0.4, -0.2) is 15.3 Å². The summed E-state index contributed by atoms with van der Waals surface area (Å²) in [4.78, 5) is 4.84. The van der Waals surface area contributed by atoms with Crippen molar-refractivity contribution in [2.75, 3.05) is 0 Å². The second-order valence-corrected chi connectivity index (χ2v) is 9.67. The van der Waals surface area contributed by atoms with Crippen LogP contribution in [0.2, 0.25) is 0 Å². The first-order chi connectivity index (χ1) is 20.9. The molecule has 0 saturated heterocycles. The zero-order valence-electron chi connectivity index (χ0n) is 21.7. The molecule has 2 heterocycles. The van der Waals surface area contributed by atoms with E-state index in [0.29, 0.717) is 49.6 Å². The minimum absolute atomic E-state index is 0.181. The van der Waals surface area contributed by atoms with E-state index >= 15 is 0 Å². The number of fused-ring (bicyclic) bond motifs is 5. The Labute approximate surface area is 239 Å². The monoisotopic (exact) mass is 571 g/mol. The molecular formula is C33H13F4N5O. The summed E-state index contributed by atoms with van der Waals surface area (Å²) in [5, 5.41) is 28.3. The van der Waals surface area contributed by atoms with Gasteiger partial charge in [0.2, 0.25) is 0 Å². The quantitative estimate of drug-likeness (QED) is 0.120. The lowest BCUT2D eigenvalue weighted by Crippen LogP contribution is -2.04. The molecule has 2 aromatic heterocycles. The fourth-order valence-corrected chi connectivity index (χ4v) is 5.32. The van der Waals surface area contributed by atoms with E-state index in [2.05, 4.69) is 16.4 Å². The lowest BCUT2D eigenvalue weighted by molar-refractivity contribution is 0.316. The normalized spacial score (nSPS) is 11.2. The molecular weight excluding hydrogens is 558 g/mol. The van der Waals surface area contributed by atoms with Crippen molar-refractivity contribution in [1.29, 1.82) is 10.5 Å². The molecule has 6 nitrogen and oxygen atoms in total.